The molecule has 1 amide bonds. The Kier molecular flexibility index (Phi) is 6.16. The van der Waals surface area contributed by atoms with Crippen molar-refractivity contribution in [1.29, 1.82) is 0 Å². The van der Waals surface area contributed by atoms with Crippen LogP contribution in [0, 0.1) is 5.82 Å². The number of hydrogen-bond donors (Lipinski definition) is 0. The molecule has 0 aliphatic heterocycles. The molecule has 0 heterocycles. The van der Waals surface area contributed by atoms with E-state index in [1.165, 1.54) is 17.0 Å². The molecular weight excluding hydrogens is 317 g/mol. The molecule has 7 heteroatoms. The summed E-state index contributed by atoms with van der Waals surface area (Å²) in [6.45, 7) is 5.21. The van der Waals surface area contributed by atoms with Crippen molar-refractivity contribution in [2.45, 2.75) is 26.8 Å². The van der Waals surface area contributed by atoms with Crippen LogP contribution >= 0.6 is 11.6 Å². The predicted octanol–water partition coefficient (Wildman–Crippen LogP) is 2.76. The van der Waals surface area contributed by atoms with Gasteiger partial charge in [0.1, 0.15) is 5.82 Å². The molecule has 0 aliphatic rings. The van der Waals surface area contributed by atoms with Crippen molar-refractivity contribution in [1.82, 2.24) is 4.90 Å². The molecule has 0 fully saturated rings. The van der Waals surface area contributed by atoms with Crippen LogP contribution in [0.3, 0.4) is 0 Å². The van der Waals surface area contributed by atoms with Crippen molar-refractivity contribution in [3.05, 3.63) is 34.6 Å². The minimum atomic E-state index is -3.22. The molecule has 0 aromatic heterocycles. The Balaban J connectivity index is 3.01. The fourth-order valence-electron chi connectivity index (χ4n) is 2.05. The van der Waals surface area contributed by atoms with Gasteiger partial charge < -0.3 is 4.90 Å². The van der Waals surface area contributed by atoms with Crippen molar-refractivity contribution in [3.8, 4) is 0 Å². The van der Waals surface area contributed by atoms with Gasteiger partial charge in [-0.25, -0.2) is 12.8 Å². The lowest BCUT2D eigenvalue weighted by Crippen LogP contribution is -2.42. The summed E-state index contributed by atoms with van der Waals surface area (Å²) in [6, 6.07) is 3.28. The first kappa shape index (κ1) is 17.9. The van der Waals surface area contributed by atoms with Gasteiger partial charge in [0, 0.05) is 23.4 Å². The minimum absolute atomic E-state index is 0.0123. The van der Waals surface area contributed by atoms with Crippen LogP contribution in [0.2, 0.25) is 5.02 Å². The Morgan fingerprint density at radius 1 is 1.38 bits per heavy atom. The van der Waals surface area contributed by atoms with Gasteiger partial charge in [-0.3, -0.25) is 4.79 Å². The second kappa shape index (κ2) is 7.22. The smallest absolute Gasteiger partial charge is 0.257 e. The second-order valence-corrected chi connectivity index (χ2v) is 7.60. The maximum atomic E-state index is 13.8. The third kappa shape index (κ3) is 4.68. The van der Waals surface area contributed by atoms with Crippen LogP contribution in [-0.4, -0.2) is 43.3 Å². The van der Waals surface area contributed by atoms with Crippen LogP contribution < -0.4 is 0 Å². The summed E-state index contributed by atoms with van der Waals surface area (Å²) in [4.78, 5) is 13.7. The summed E-state index contributed by atoms with van der Waals surface area (Å²) >= 11 is 5.66. The minimum Gasteiger partial charge on any atom is -0.335 e. The van der Waals surface area contributed by atoms with E-state index in [4.69, 9.17) is 11.6 Å². The molecule has 1 aromatic carbocycles. The van der Waals surface area contributed by atoms with Gasteiger partial charge in [-0.05, 0) is 32.0 Å². The summed E-state index contributed by atoms with van der Waals surface area (Å²) in [5.41, 5.74) is -0.109. The molecule has 0 saturated heterocycles. The van der Waals surface area contributed by atoms with Gasteiger partial charge >= 0.3 is 0 Å². The van der Waals surface area contributed by atoms with Gasteiger partial charge in [0.25, 0.3) is 5.91 Å². The first-order valence-electron chi connectivity index (χ1n) is 6.68. The molecule has 21 heavy (non-hydrogen) atoms. The van der Waals surface area contributed by atoms with Crippen LogP contribution in [0.5, 0.6) is 0 Å². The average Bonchev–Trinajstić information content (AvgIpc) is 2.38. The molecule has 0 radical (unpaired) electrons. The molecule has 0 bridgehead atoms. The number of nitrogens with zero attached hydrogens (tertiary/aromatic N) is 1. The zero-order chi connectivity index (χ0) is 16.2. The maximum Gasteiger partial charge on any atom is 0.257 e. The summed E-state index contributed by atoms with van der Waals surface area (Å²) in [7, 11) is -3.22. The second-order valence-electron chi connectivity index (χ2n) is 4.76. The third-order valence-electron chi connectivity index (χ3n) is 3.23. The molecular formula is C14H19ClFNO3S. The molecule has 0 aliphatic carbocycles. The van der Waals surface area contributed by atoms with Crippen LogP contribution in [0.25, 0.3) is 0 Å². The van der Waals surface area contributed by atoms with E-state index < -0.39 is 27.6 Å². The van der Waals surface area contributed by atoms with Crippen molar-refractivity contribution in [3.63, 3.8) is 0 Å². The topological polar surface area (TPSA) is 54.5 Å². The van der Waals surface area contributed by atoms with E-state index in [1.807, 2.05) is 0 Å². The van der Waals surface area contributed by atoms with Crippen molar-refractivity contribution >= 4 is 27.3 Å². The van der Waals surface area contributed by atoms with E-state index in [2.05, 4.69) is 0 Å². The molecule has 1 atom stereocenters. The van der Waals surface area contributed by atoms with E-state index in [0.717, 1.165) is 6.07 Å². The zero-order valence-corrected chi connectivity index (χ0v) is 13.8. The maximum absolute atomic E-state index is 13.8. The standard InChI is InChI=1S/C14H19ClFNO3S/c1-4-17(10(3)9-21(19,20)5-2)14(18)12-7-6-11(15)8-13(12)16/h6-8,10H,4-5,9H2,1-3H3/t10-/m1/s1. The van der Waals surface area contributed by atoms with E-state index >= 15 is 0 Å². The number of carbonyl (C=O) groups is 1. The lowest BCUT2D eigenvalue weighted by molar-refractivity contribution is 0.0714. The number of amides is 1. The van der Waals surface area contributed by atoms with Crippen LogP contribution in [0.1, 0.15) is 31.1 Å². The summed E-state index contributed by atoms with van der Waals surface area (Å²) in [6.07, 6.45) is 0. The van der Waals surface area contributed by atoms with Crippen molar-refractivity contribution < 1.29 is 17.6 Å². The molecule has 0 saturated carbocycles. The SMILES string of the molecule is CCN(C(=O)c1ccc(Cl)cc1F)[C@H](C)CS(=O)(=O)CC. The number of sulfone groups is 1. The predicted molar refractivity (Wildman–Crippen MR) is 81.9 cm³/mol. The average molecular weight is 336 g/mol. The van der Waals surface area contributed by atoms with Crippen LogP contribution in [-0.2, 0) is 9.84 Å². The highest BCUT2D eigenvalue weighted by molar-refractivity contribution is 7.91. The Labute approximate surface area is 129 Å². The highest BCUT2D eigenvalue weighted by Gasteiger charge is 2.25. The highest BCUT2D eigenvalue weighted by atomic mass is 35.5. The molecule has 1 aromatic rings. The third-order valence-corrected chi connectivity index (χ3v) is 5.34. The van der Waals surface area contributed by atoms with E-state index in [-0.39, 0.29) is 22.1 Å². The van der Waals surface area contributed by atoms with Gasteiger partial charge in [0.15, 0.2) is 9.84 Å². The van der Waals surface area contributed by atoms with Gasteiger partial charge in [0.05, 0.1) is 11.3 Å². The molecule has 1 rings (SSSR count). The summed E-state index contributed by atoms with van der Waals surface area (Å²) in [5, 5.41) is 0.203. The van der Waals surface area contributed by atoms with Gasteiger partial charge in [0.2, 0.25) is 0 Å². The quantitative estimate of drug-likeness (QED) is 0.803. The van der Waals surface area contributed by atoms with Crippen LogP contribution in [0.15, 0.2) is 18.2 Å². The highest BCUT2D eigenvalue weighted by Crippen LogP contribution is 2.18. The van der Waals surface area contributed by atoms with Crippen molar-refractivity contribution in [2.75, 3.05) is 18.1 Å². The van der Waals surface area contributed by atoms with Crippen molar-refractivity contribution in [2.24, 2.45) is 0 Å². The first-order chi connectivity index (χ1) is 9.71. The largest absolute Gasteiger partial charge is 0.335 e. The lowest BCUT2D eigenvalue weighted by atomic mass is 10.1. The van der Waals surface area contributed by atoms with Gasteiger partial charge in [-0.2, -0.15) is 0 Å². The van der Waals surface area contributed by atoms with E-state index in [9.17, 15) is 17.6 Å². The Morgan fingerprint density at radius 2 is 2.00 bits per heavy atom. The number of halogens is 2. The molecule has 118 valence electrons. The number of benzene rings is 1. The van der Waals surface area contributed by atoms with Gasteiger partial charge in [-0.1, -0.05) is 18.5 Å². The lowest BCUT2D eigenvalue weighted by Gasteiger charge is -2.28. The number of carbonyl (C=O) groups excluding carboxylic acids is 1. The molecule has 4 nitrogen and oxygen atoms in total. The molecule has 0 unspecified atom stereocenters. The molecule has 0 spiro atoms. The first-order valence-corrected chi connectivity index (χ1v) is 8.88. The number of hydrogen-bond acceptors (Lipinski definition) is 3. The molecule has 0 N–H and O–H groups in total. The van der Waals surface area contributed by atoms with E-state index in [0.29, 0.717) is 6.54 Å². The fourth-order valence-corrected chi connectivity index (χ4v) is 3.36. The Morgan fingerprint density at radius 3 is 2.48 bits per heavy atom. The van der Waals surface area contributed by atoms with E-state index in [1.54, 1.807) is 20.8 Å². The monoisotopic (exact) mass is 335 g/mol. The summed E-state index contributed by atoms with van der Waals surface area (Å²) in [5.74, 6) is -1.38. The fraction of sp³-hybridized carbons (Fsp3) is 0.500. The Bertz CT molecular complexity index is 619. The van der Waals surface area contributed by atoms with Crippen LogP contribution in [0.4, 0.5) is 4.39 Å². The van der Waals surface area contributed by atoms with Gasteiger partial charge in [-0.15, -0.1) is 0 Å². The Hall–Kier alpha value is -1.14. The summed E-state index contributed by atoms with van der Waals surface area (Å²) < 4.78 is 37.2. The zero-order valence-electron chi connectivity index (χ0n) is 12.3. The number of rotatable bonds is 6. The normalized spacial score (nSPS) is 13.0.